The minimum absolute atomic E-state index is 0.0660. The van der Waals surface area contributed by atoms with Crippen LogP contribution in [-0.2, 0) is 4.79 Å². The van der Waals surface area contributed by atoms with Crippen molar-refractivity contribution in [1.29, 1.82) is 0 Å². The Kier molecular flexibility index (Phi) is 4.15. The van der Waals surface area contributed by atoms with Crippen LogP contribution >= 0.6 is 0 Å². The number of ether oxygens (including phenoxy) is 1. The molecular weight excluding hydrogens is 264 g/mol. The van der Waals surface area contributed by atoms with Gasteiger partial charge in [-0.3, -0.25) is 10.1 Å². The predicted molar refractivity (Wildman–Crippen MR) is 82.0 cm³/mol. The molecule has 1 saturated heterocycles. The van der Waals surface area contributed by atoms with Gasteiger partial charge in [-0.2, -0.15) is 0 Å². The fraction of sp³-hybridized carbons (Fsp3) is 0.588. The maximum atomic E-state index is 12.4. The van der Waals surface area contributed by atoms with Crippen molar-refractivity contribution in [2.75, 3.05) is 13.7 Å². The maximum Gasteiger partial charge on any atom is 0.241 e. The third-order valence-electron chi connectivity index (χ3n) is 4.81. The van der Waals surface area contributed by atoms with Gasteiger partial charge in [0.15, 0.2) is 0 Å². The van der Waals surface area contributed by atoms with Gasteiger partial charge in [0.25, 0.3) is 0 Å². The van der Waals surface area contributed by atoms with Crippen molar-refractivity contribution in [1.82, 2.24) is 10.2 Å². The van der Waals surface area contributed by atoms with Crippen LogP contribution < -0.4 is 10.1 Å². The van der Waals surface area contributed by atoms with Crippen LogP contribution in [0.5, 0.6) is 5.75 Å². The molecule has 0 bridgehead atoms. The summed E-state index contributed by atoms with van der Waals surface area (Å²) in [6.45, 7) is 2.78. The number of carbonyl (C=O) groups is 1. The zero-order chi connectivity index (χ0) is 14.8. The molecule has 0 spiro atoms. The smallest absolute Gasteiger partial charge is 0.241 e. The van der Waals surface area contributed by atoms with E-state index in [1.54, 1.807) is 7.11 Å². The number of nitrogens with one attached hydrogen (secondary N) is 1. The Morgan fingerprint density at radius 1 is 1.33 bits per heavy atom. The molecule has 0 aromatic heterocycles. The van der Waals surface area contributed by atoms with Gasteiger partial charge in [-0.05, 0) is 25.3 Å². The first kappa shape index (κ1) is 14.4. The van der Waals surface area contributed by atoms with Crippen molar-refractivity contribution >= 4 is 5.91 Å². The second-order valence-electron chi connectivity index (χ2n) is 6.15. The Bertz CT molecular complexity index is 513. The van der Waals surface area contributed by atoms with Crippen LogP contribution in [0.3, 0.4) is 0 Å². The van der Waals surface area contributed by atoms with Gasteiger partial charge >= 0.3 is 0 Å². The second kappa shape index (κ2) is 6.06. The molecule has 1 amide bonds. The Hall–Kier alpha value is -1.55. The van der Waals surface area contributed by atoms with E-state index in [0.29, 0.717) is 0 Å². The second-order valence-corrected chi connectivity index (χ2v) is 6.15. The number of methoxy groups -OCH3 is 1. The Morgan fingerprint density at radius 3 is 2.76 bits per heavy atom. The number of hydrogen-bond acceptors (Lipinski definition) is 3. The van der Waals surface area contributed by atoms with E-state index in [2.05, 4.69) is 5.32 Å². The molecule has 2 unspecified atom stereocenters. The van der Waals surface area contributed by atoms with Gasteiger partial charge in [-0.15, -0.1) is 0 Å². The highest BCUT2D eigenvalue weighted by Crippen LogP contribution is 2.34. The van der Waals surface area contributed by atoms with E-state index in [0.717, 1.165) is 30.2 Å². The molecule has 4 heteroatoms. The van der Waals surface area contributed by atoms with Crippen LogP contribution in [0.25, 0.3) is 0 Å². The quantitative estimate of drug-likeness (QED) is 0.906. The number of benzene rings is 1. The molecule has 21 heavy (non-hydrogen) atoms. The summed E-state index contributed by atoms with van der Waals surface area (Å²) in [6, 6.07) is 7.83. The monoisotopic (exact) mass is 288 g/mol. The van der Waals surface area contributed by atoms with E-state index >= 15 is 0 Å². The number of para-hydroxylation sites is 1. The summed E-state index contributed by atoms with van der Waals surface area (Å²) >= 11 is 0. The Labute approximate surface area is 126 Å². The fourth-order valence-corrected chi connectivity index (χ4v) is 3.27. The minimum Gasteiger partial charge on any atom is -0.496 e. The Balaban J connectivity index is 1.78. The van der Waals surface area contributed by atoms with Crippen molar-refractivity contribution < 1.29 is 9.53 Å². The first-order valence-corrected chi connectivity index (χ1v) is 7.90. The van der Waals surface area contributed by atoms with Gasteiger partial charge in [0.05, 0.1) is 13.2 Å². The first-order valence-electron chi connectivity index (χ1n) is 7.90. The summed E-state index contributed by atoms with van der Waals surface area (Å²) in [5, 5.41) is 3.40. The standard InChI is InChI=1S/C17H24N2O2/c1-12-17(20)19(11-10-13-6-5-7-13)16(18-12)14-8-3-4-9-15(14)21-2/h3-4,8-9,12-13,16,18H,5-7,10-11H2,1-2H3. The summed E-state index contributed by atoms with van der Waals surface area (Å²) in [6.07, 6.45) is 5.05. The van der Waals surface area contributed by atoms with E-state index in [-0.39, 0.29) is 18.1 Å². The number of amides is 1. The van der Waals surface area contributed by atoms with E-state index < -0.39 is 0 Å². The molecular formula is C17H24N2O2. The van der Waals surface area contributed by atoms with Crippen LogP contribution in [0.15, 0.2) is 24.3 Å². The Morgan fingerprint density at radius 2 is 2.10 bits per heavy atom. The molecule has 1 aliphatic carbocycles. The molecule has 1 heterocycles. The first-order chi connectivity index (χ1) is 10.2. The number of rotatable bonds is 5. The largest absolute Gasteiger partial charge is 0.496 e. The van der Waals surface area contributed by atoms with Crippen LogP contribution in [0.4, 0.5) is 0 Å². The lowest BCUT2D eigenvalue weighted by atomic mass is 9.83. The average molecular weight is 288 g/mol. The summed E-state index contributed by atoms with van der Waals surface area (Å²) < 4.78 is 5.46. The average Bonchev–Trinajstić information content (AvgIpc) is 2.73. The molecule has 3 rings (SSSR count). The van der Waals surface area contributed by atoms with Gasteiger partial charge in [-0.25, -0.2) is 0 Å². The lowest BCUT2D eigenvalue weighted by Crippen LogP contribution is -2.33. The van der Waals surface area contributed by atoms with Crippen LogP contribution in [0.1, 0.15) is 44.3 Å². The van der Waals surface area contributed by atoms with Gasteiger partial charge in [0, 0.05) is 12.1 Å². The summed E-state index contributed by atoms with van der Waals surface area (Å²) in [7, 11) is 1.68. The van der Waals surface area contributed by atoms with E-state index in [4.69, 9.17) is 4.74 Å². The van der Waals surface area contributed by atoms with E-state index in [1.165, 1.54) is 19.3 Å². The molecule has 1 aliphatic heterocycles. The summed E-state index contributed by atoms with van der Waals surface area (Å²) in [5.74, 6) is 1.85. The predicted octanol–water partition coefficient (Wildman–Crippen LogP) is 2.70. The molecule has 0 radical (unpaired) electrons. The minimum atomic E-state index is -0.124. The van der Waals surface area contributed by atoms with Crippen molar-refractivity contribution in [2.24, 2.45) is 5.92 Å². The van der Waals surface area contributed by atoms with Crippen LogP contribution in [0, 0.1) is 5.92 Å². The normalized spacial score (nSPS) is 26.0. The number of carbonyl (C=O) groups excluding carboxylic acids is 1. The molecule has 2 fully saturated rings. The van der Waals surface area contributed by atoms with E-state index in [1.807, 2.05) is 36.1 Å². The van der Waals surface area contributed by atoms with Crippen molar-refractivity contribution in [3.8, 4) is 5.75 Å². The van der Waals surface area contributed by atoms with Crippen molar-refractivity contribution in [2.45, 2.75) is 44.8 Å². The highest BCUT2D eigenvalue weighted by atomic mass is 16.5. The summed E-state index contributed by atoms with van der Waals surface area (Å²) in [4.78, 5) is 14.4. The third kappa shape index (κ3) is 2.77. The highest BCUT2D eigenvalue weighted by Gasteiger charge is 2.38. The van der Waals surface area contributed by atoms with Gasteiger partial charge < -0.3 is 9.64 Å². The zero-order valence-corrected chi connectivity index (χ0v) is 12.8. The lowest BCUT2D eigenvalue weighted by Gasteiger charge is -2.30. The number of nitrogens with zero attached hydrogens (tertiary/aromatic N) is 1. The molecule has 2 aliphatic rings. The zero-order valence-electron chi connectivity index (χ0n) is 12.8. The molecule has 2 atom stereocenters. The van der Waals surface area contributed by atoms with Gasteiger partial charge in [0.1, 0.15) is 11.9 Å². The van der Waals surface area contributed by atoms with E-state index in [9.17, 15) is 4.79 Å². The number of hydrogen-bond donors (Lipinski definition) is 1. The molecule has 1 N–H and O–H groups in total. The molecule has 1 saturated carbocycles. The fourth-order valence-electron chi connectivity index (χ4n) is 3.27. The van der Waals surface area contributed by atoms with Crippen molar-refractivity contribution in [3.05, 3.63) is 29.8 Å². The van der Waals surface area contributed by atoms with Gasteiger partial charge in [0.2, 0.25) is 5.91 Å². The topological polar surface area (TPSA) is 41.6 Å². The molecule has 1 aromatic carbocycles. The van der Waals surface area contributed by atoms with Gasteiger partial charge in [-0.1, -0.05) is 37.5 Å². The van der Waals surface area contributed by atoms with Crippen molar-refractivity contribution in [3.63, 3.8) is 0 Å². The van der Waals surface area contributed by atoms with Crippen LogP contribution in [0.2, 0.25) is 0 Å². The molecule has 1 aromatic rings. The highest BCUT2D eigenvalue weighted by molar-refractivity contribution is 5.84. The molecule has 114 valence electrons. The lowest BCUT2D eigenvalue weighted by molar-refractivity contribution is -0.130. The SMILES string of the molecule is COc1ccccc1C1NC(C)C(=O)N1CCC1CCC1. The third-order valence-corrected chi connectivity index (χ3v) is 4.81. The van der Waals surface area contributed by atoms with Crippen LogP contribution in [-0.4, -0.2) is 30.5 Å². The summed E-state index contributed by atoms with van der Waals surface area (Å²) in [5.41, 5.74) is 1.05. The maximum absolute atomic E-state index is 12.4. The molecule has 4 nitrogen and oxygen atoms in total.